The number of piperidine rings is 1. The zero-order valence-corrected chi connectivity index (χ0v) is 21.8. The van der Waals surface area contributed by atoms with Gasteiger partial charge in [-0.05, 0) is 50.7 Å². The predicted octanol–water partition coefficient (Wildman–Crippen LogP) is 1.37. The third-order valence-electron chi connectivity index (χ3n) is 7.81. The summed E-state index contributed by atoms with van der Waals surface area (Å²) in [6.45, 7) is 0.534. The molecule has 1 aliphatic carbocycles. The highest BCUT2D eigenvalue weighted by atomic mass is 32.2. The maximum absolute atomic E-state index is 13.8. The average Bonchev–Trinajstić information content (AvgIpc) is 3.40. The molecule has 1 saturated carbocycles. The summed E-state index contributed by atoms with van der Waals surface area (Å²) in [5, 5.41) is 50.2. The molecule has 3 aliphatic rings. The third-order valence-corrected chi connectivity index (χ3v) is 9.38. The average molecular weight is 573 g/mol. The standard InChI is InChI=1S/C25H31F3N4O6S/c26-14-9-13(10-15(27)18(14)28)16-11-32(30-29-16)19-20(34)17(12-33)38-24(21(19)35)39-22(25(37)5-4-6-25)23(36)31-7-2-1-3-8-31/h9-11,17,19-22,24,33-35,37H,1-8,12H2/t17-,19+,20+,21-,22?,24+/m1/s1. The Kier molecular flexibility index (Phi) is 8.23. The van der Waals surface area contributed by atoms with E-state index >= 15 is 0 Å². The Labute approximate surface area is 226 Å². The molecule has 4 N–H and O–H groups in total. The fourth-order valence-electron chi connectivity index (χ4n) is 5.38. The van der Waals surface area contributed by atoms with Crippen LogP contribution in [-0.2, 0) is 9.53 Å². The number of benzene rings is 1. The number of likely N-dealkylation sites (tertiary alicyclic amines) is 1. The molecule has 0 spiro atoms. The summed E-state index contributed by atoms with van der Waals surface area (Å²) in [5.41, 5.74) is -2.59. The molecule has 2 aromatic rings. The molecule has 10 nitrogen and oxygen atoms in total. The fraction of sp³-hybridized carbons (Fsp3) is 0.640. The van der Waals surface area contributed by atoms with Gasteiger partial charge in [-0.3, -0.25) is 4.79 Å². The van der Waals surface area contributed by atoms with E-state index in [4.69, 9.17) is 4.74 Å². The Hall–Kier alpha value is -2.23. The second-order valence-electron chi connectivity index (χ2n) is 10.4. The van der Waals surface area contributed by atoms with Gasteiger partial charge in [0.1, 0.15) is 40.7 Å². The van der Waals surface area contributed by atoms with Crippen LogP contribution in [0.5, 0.6) is 0 Å². The Balaban J connectivity index is 1.41. The number of nitrogens with zero attached hydrogens (tertiary/aromatic N) is 4. The number of amides is 1. The van der Waals surface area contributed by atoms with Crippen LogP contribution >= 0.6 is 11.8 Å². The van der Waals surface area contributed by atoms with Crippen LogP contribution in [0.4, 0.5) is 13.2 Å². The number of carbonyl (C=O) groups excluding carboxylic acids is 1. The van der Waals surface area contributed by atoms with Gasteiger partial charge in [-0.25, -0.2) is 17.9 Å². The lowest BCUT2D eigenvalue weighted by Gasteiger charge is -2.47. The molecule has 1 aromatic carbocycles. The minimum atomic E-state index is -1.63. The highest BCUT2D eigenvalue weighted by Gasteiger charge is 2.53. The quantitative estimate of drug-likeness (QED) is 0.362. The van der Waals surface area contributed by atoms with Crippen molar-refractivity contribution >= 4 is 17.7 Å². The molecular weight excluding hydrogens is 541 g/mol. The van der Waals surface area contributed by atoms with Crippen LogP contribution in [-0.4, -0.2) is 101 Å². The van der Waals surface area contributed by atoms with Gasteiger partial charge in [-0.15, -0.1) is 16.9 Å². The molecule has 5 rings (SSSR count). The molecule has 3 fully saturated rings. The van der Waals surface area contributed by atoms with Crippen molar-refractivity contribution in [2.75, 3.05) is 19.7 Å². The van der Waals surface area contributed by atoms with Gasteiger partial charge in [0.15, 0.2) is 17.5 Å². The number of halogens is 3. The summed E-state index contributed by atoms with van der Waals surface area (Å²) in [5.74, 6) is -4.71. The molecule has 39 heavy (non-hydrogen) atoms. The van der Waals surface area contributed by atoms with Crippen molar-refractivity contribution in [3.05, 3.63) is 35.8 Å². The molecular formula is C25H31F3N4O6S. The van der Waals surface area contributed by atoms with E-state index in [9.17, 15) is 38.4 Å². The Morgan fingerprint density at radius 3 is 2.36 bits per heavy atom. The van der Waals surface area contributed by atoms with Crippen LogP contribution in [0.3, 0.4) is 0 Å². The Morgan fingerprint density at radius 1 is 1.10 bits per heavy atom. The molecule has 2 saturated heterocycles. The van der Waals surface area contributed by atoms with Gasteiger partial charge >= 0.3 is 0 Å². The van der Waals surface area contributed by atoms with E-state index in [1.165, 1.54) is 6.20 Å². The van der Waals surface area contributed by atoms with Crippen molar-refractivity contribution in [1.82, 2.24) is 19.9 Å². The first-order valence-electron chi connectivity index (χ1n) is 13.0. The molecule has 6 atom stereocenters. The van der Waals surface area contributed by atoms with Gasteiger partial charge in [-0.2, -0.15) is 0 Å². The fourth-order valence-corrected chi connectivity index (χ4v) is 6.93. The summed E-state index contributed by atoms with van der Waals surface area (Å²) < 4.78 is 47.8. The molecule has 1 amide bonds. The molecule has 1 unspecified atom stereocenters. The maximum Gasteiger partial charge on any atom is 0.238 e. The van der Waals surface area contributed by atoms with Gasteiger partial charge in [-0.1, -0.05) is 5.21 Å². The monoisotopic (exact) mass is 572 g/mol. The smallest absolute Gasteiger partial charge is 0.238 e. The lowest BCUT2D eigenvalue weighted by atomic mass is 9.77. The van der Waals surface area contributed by atoms with Gasteiger partial charge in [0.2, 0.25) is 5.91 Å². The maximum atomic E-state index is 13.8. The van der Waals surface area contributed by atoms with Crippen LogP contribution in [0.25, 0.3) is 11.3 Å². The highest BCUT2D eigenvalue weighted by Crippen LogP contribution is 2.46. The molecule has 0 bridgehead atoms. The number of ether oxygens (including phenoxy) is 1. The van der Waals surface area contributed by atoms with Crippen molar-refractivity contribution in [1.29, 1.82) is 0 Å². The number of rotatable bonds is 7. The van der Waals surface area contributed by atoms with Gasteiger partial charge in [0, 0.05) is 18.7 Å². The second-order valence-corrected chi connectivity index (χ2v) is 11.6. The van der Waals surface area contributed by atoms with E-state index < -0.39 is 64.7 Å². The SMILES string of the molecule is O=C(C(S[C@@H]1O[C@H](CO)[C@H](O)[C@H](n2cc(-c3cc(F)c(F)c(F)c3)nn2)[C@H]1O)C1(O)CCC1)N1CCCCC1. The van der Waals surface area contributed by atoms with E-state index in [-0.39, 0.29) is 17.2 Å². The van der Waals surface area contributed by atoms with Crippen LogP contribution in [0, 0.1) is 17.5 Å². The number of thioether (sulfide) groups is 1. The number of hydrogen-bond acceptors (Lipinski definition) is 9. The lowest BCUT2D eigenvalue weighted by molar-refractivity contribution is -0.179. The normalized spacial score (nSPS) is 29.6. The summed E-state index contributed by atoms with van der Waals surface area (Å²) in [6, 6.07) is 0.260. The Bertz CT molecular complexity index is 1170. The van der Waals surface area contributed by atoms with Crippen LogP contribution in [0.2, 0.25) is 0 Å². The van der Waals surface area contributed by atoms with Crippen LogP contribution in [0.15, 0.2) is 18.3 Å². The van der Waals surface area contributed by atoms with Crippen molar-refractivity contribution in [3.63, 3.8) is 0 Å². The van der Waals surface area contributed by atoms with Crippen molar-refractivity contribution in [2.24, 2.45) is 0 Å². The topological polar surface area (TPSA) is 141 Å². The van der Waals surface area contributed by atoms with E-state index in [1.54, 1.807) is 4.90 Å². The number of aromatic nitrogens is 3. The molecule has 14 heteroatoms. The largest absolute Gasteiger partial charge is 0.394 e. The minimum Gasteiger partial charge on any atom is -0.394 e. The first kappa shape index (κ1) is 28.3. The summed E-state index contributed by atoms with van der Waals surface area (Å²) in [4.78, 5) is 15.2. The number of hydrogen-bond donors (Lipinski definition) is 4. The lowest BCUT2D eigenvalue weighted by Crippen LogP contribution is -2.59. The van der Waals surface area contributed by atoms with E-state index in [1.807, 2.05) is 0 Å². The first-order chi connectivity index (χ1) is 18.6. The minimum absolute atomic E-state index is 0.0506. The van der Waals surface area contributed by atoms with Crippen molar-refractivity contribution in [3.8, 4) is 11.3 Å². The van der Waals surface area contributed by atoms with Gasteiger partial charge in [0.25, 0.3) is 0 Å². The van der Waals surface area contributed by atoms with E-state index in [0.29, 0.717) is 25.9 Å². The highest BCUT2D eigenvalue weighted by molar-refractivity contribution is 8.01. The summed E-state index contributed by atoms with van der Waals surface area (Å²) in [7, 11) is 0. The molecule has 3 heterocycles. The molecule has 0 radical (unpaired) electrons. The summed E-state index contributed by atoms with van der Waals surface area (Å²) >= 11 is 0.949. The van der Waals surface area contributed by atoms with Crippen LogP contribution < -0.4 is 0 Å². The van der Waals surface area contributed by atoms with Crippen LogP contribution in [0.1, 0.15) is 44.6 Å². The van der Waals surface area contributed by atoms with Crippen molar-refractivity contribution < 1.29 is 43.1 Å². The zero-order valence-electron chi connectivity index (χ0n) is 21.0. The Morgan fingerprint density at radius 2 is 1.77 bits per heavy atom. The van der Waals surface area contributed by atoms with Gasteiger partial charge < -0.3 is 30.1 Å². The molecule has 1 aromatic heterocycles. The number of aliphatic hydroxyl groups excluding tert-OH is 3. The number of carbonyl (C=O) groups is 1. The zero-order chi connectivity index (χ0) is 27.9. The molecule has 214 valence electrons. The first-order valence-corrected chi connectivity index (χ1v) is 13.9. The predicted molar refractivity (Wildman–Crippen MR) is 133 cm³/mol. The second kappa shape index (κ2) is 11.3. The summed E-state index contributed by atoms with van der Waals surface area (Å²) in [6.07, 6.45) is 1.42. The third kappa shape index (κ3) is 5.42. The molecule has 2 aliphatic heterocycles. The van der Waals surface area contributed by atoms with E-state index in [0.717, 1.165) is 54.3 Å². The van der Waals surface area contributed by atoms with Gasteiger partial charge in [0.05, 0.1) is 18.4 Å². The van der Waals surface area contributed by atoms with E-state index in [2.05, 4.69) is 10.3 Å². The van der Waals surface area contributed by atoms with Crippen molar-refractivity contribution in [2.45, 2.75) is 79.2 Å². The number of aliphatic hydroxyl groups is 4.